The molecular weight excluding hydrogens is 469 g/mol. The smallest absolute Gasteiger partial charge is 0.213 e. The summed E-state index contributed by atoms with van der Waals surface area (Å²) >= 11 is 0. The van der Waals surface area contributed by atoms with E-state index in [4.69, 9.17) is 4.42 Å². The Hall–Kier alpha value is -0.880. The maximum absolute atomic E-state index is 11.7. The molecule has 0 aliphatic carbocycles. The van der Waals surface area contributed by atoms with Crippen molar-refractivity contribution >= 4 is 40.0 Å². The van der Waals surface area contributed by atoms with Crippen molar-refractivity contribution in [1.82, 2.24) is 19.9 Å². The lowest BCUT2D eigenvalue weighted by Crippen LogP contribution is -2.38. The fraction of sp³-hybridized carbons (Fsp3) is 0.750. The van der Waals surface area contributed by atoms with E-state index in [0.717, 1.165) is 5.76 Å². The largest absolute Gasteiger partial charge is 0.443 e. The van der Waals surface area contributed by atoms with Crippen LogP contribution in [0.4, 0.5) is 0 Å². The van der Waals surface area contributed by atoms with Crippen molar-refractivity contribution in [3.05, 3.63) is 17.8 Å². The number of halogens is 1. The summed E-state index contributed by atoms with van der Waals surface area (Å²) in [4.78, 5) is 8.39. The Morgan fingerprint density at radius 2 is 2.00 bits per heavy atom. The Morgan fingerprint density at radius 3 is 2.50 bits per heavy atom. The van der Waals surface area contributed by atoms with E-state index < -0.39 is 10.0 Å². The first kappa shape index (κ1) is 25.1. The summed E-state index contributed by atoms with van der Waals surface area (Å²) in [6.07, 6.45) is 2.43. The van der Waals surface area contributed by atoms with Gasteiger partial charge in [0.05, 0.1) is 18.5 Å². The SMILES string of the molecule is CCS(=O)(=O)N(C)CCCNC(=NC)NCc1ncc(C(C)(C)C)o1.I. The van der Waals surface area contributed by atoms with Gasteiger partial charge in [-0.2, -0.15) is 0 Å². The fourth-order valence-electron chi connectivity index (χ4n) is 1.99. The molecule has 1 aromatic rings. The lowest BCUT2D eigenvalue weighted by molar-refractivity contribution is 0.379. The molecule has 8 nitrogen and oxygen atoms in total. The number of hydrogen-bond acceptors (Lipinski definition) is 5. The summed E-state index contributed by atoms with van der Waals surface area (Å²) in [5.74, 6) is 2.18. The molecule has 0 saturated carbocycles. The van der Waals surface area contributed by atoms with Gasteiger partial charge in [0.15, 0.2) is 5.96 Å². The van der Waals surface area contributed by atoms with E-state index in [1.165, 1.54) is 4.31 Å². The molecule has 0 atom stereocenters. The molecule has 26 heavy (non-hydrogen) atoms. The molecule has 0 unspecified atom stereocenters. The number of guanidine groups is 1. The molecule has 0 aliphatic rings. The van der Waals surface area contributed by atoms with Crippen LogP contribution in [0.25, 0.3) is 0 Å². The summed E-state index contributed by atoms with van der Waals surface area (Å²) in [7, 11) is 0.157. The van der Waals surface area contributed by atoms with Crippen LogP contribution < -0.4 is 10.6 Å². The van der Waals surface area contributed by atoms with Gasteiger partial charge in [-0.05, 0) is 13.3 Å². The Bertz CT molecular complexity index is 668. The van der Waals surface area contributed by atoms with Gasteiger partial charge in [0.1, 0.15) is 5.76 Å². The number of aliphatic imine (C=N–C) groups is 1. The zero-order chi connectivity index (χ0) is 19.1. The van der Waals surface area contributed by atoms with Crippen molar-refractivity contribution in [2.24, 2.45) is 4.99 Å². The molecule has 1 aromatic heterocycles. The topological polar surface area (TPSA) is 99.8 Å². The Balaban J connectivity index is 0.00000625. The van der Waals surface area contributed by atoms with Crippen LogP contribution in [0.5, 0.6) is 0 Å². The highest BCUT2D eigenvalue weighted by Crippen LogP contribution is 2.22. The molecule has 0 bridgehead atoms. The summed E-state index contributed by atoms with van der Waals surface area (Å²) in [5, 5.41) is 6.28. The Kier molecular flexibility index (Phi) is 10.7. The molecule has 10 heteroatoms. The predicted octanol–water partition coefficient (Wildman–Crippen LogP) is 1.93. The zero-order valence-corrected chi connectivity index (χ0v) is 19.6. The average Bonchev–Trinajstić information content (AvgIpc) is 3.03. The van der Waals surface area contributed by atoms with Crippen LogP contribution in [0.3, 0.4) is 0 Å². The quantitative estimate of drug-likeness (QED) is 0.245. The third-order valence-electron chi connectivity index (χ3n) is 3.71. The average molecular weight is 501 g/mol. The van der Waals surface area contributed by atoms with Gasteiger partial charge in [-0.1, -0.05) is 20.8 Å². The van der Waals surface area contributed by atoms with E-state index in [0.29, 0.717) is 37.9 Å². The first-order chi connectivity index (χ1) is 11.6. The van der Waals surface area contributed by atoms with Crippen LogP contribution >= 0.6 is 24.0 Å². The minimum atomic E-state index is -3.12. The van der Waals surface area contributed by atoms with Crippen molar-refractivity contribution in [3.63, 3.8) is 0 Å². The molecular formula is C16H32IN5O3S. The van der Waals surface area contributed by atoms with E-state index in [1.54, 1.807) is 27.2 Å². The number of rotatable bonds is 8. The van der Waals surface area contributed by atoms with Crippen LogP contribution in [-0.4, -0.2) is 56.6 Å². The molecule has 0 spiro atoms. The van der Waals surface area contributed by atoms with Crippen LogP contribution in [0.1, 0.15) is 45.8 Å². The highest BCUT2D eigenvalue weighted by Gasteiger charge is 2.19. The Morgan fingerprint density at radius 1 is 1.35 bits per heavy atom. The summed E-state index contributed by atoms with van der Waals surface area (Å²) in [6, 6.07) is 0. The Labute approximate surface area is 174 Å². The first-order valence-electron chi connectivity index (χ1n) is 8.44. The van der Waals surface area contributed by atoms with E-state index in [9.17, 15) is 8.42 Å². The number of aromatic nitrogens is 1. The minimum Gasteiger partial charge on any atom is -0.443 e. The van der Waals surface area contributed by atoms with Crippen LogP contribution in [0.15, 0.2) is 15.6 Å². The number of nitrogens with one attached hydrogen (secondary N) is 2. The third kappa shape index (κ3) is 8.21. The van der Waals surface area contributed by atoms with Crippen molar-refractivity contribution in [2.75, 3.05) is 32.9 Å². The molecule has 0 aromatic carbocycles. The molecule has 1 heterocycles. The maximum atomic E-state index is 11.7. The standard InChI is InChI=1S/C16H31N5O3S.HI/c1-7-25(22,23)21(6)10-8-9-18-15(17-5)20-12-14-19-11-13(24-14)16(2,3)4;/h11H,7-10,12H2,1-6H3,(H2,17,18,20);1H. The molecule has 2 N–H and O–H groups in total. The number of oxazole rings is 1. The molecule has 152 valence electrons. The van der Waals surface area contributed by atoms with Crippen LogP contribution in [0, 0.1) is 0 Å². The third-order valence-corrected chi connectivity index (χ3v) is 5.57. The van der Waals surface area contributed by atoms with E-state index in [1.807, 2.05) is 0 Å². The number of sulfonamides is 1. The lowest BCUT2D eigenvalue weighted by Gasteiger charge is -2.16. The number of hydrogen-bond donors (Lipinski definition) is 2. The van der Waals surface area contributed by atoms with Gasteiger partial charge >= 0.3 is 0 Å². The molecule has 0 saturated heterocycles. The zero-order valence-electron chi connectivity index (χ0n) is 16.5. The van der Waals surface area contributed by atoms with Gasteiger partial charge < -0.3 is 15.1 Å². The second kappa shape index (κ2) is 11.1. The van der Waals surface area contributed by atoms with Crippen molar-refractivity contribution < 1.29 is 12.8 Å². The summed E-state index contributed by atoms with van der Waals surface area (Å²) in [5.41, 5.74) is -0.0734. The molecule has 0 fully saturated rings. The first-order valence-corrected chi connectivity index (χ1v) is 10.0. The lowest BCUT2D eigenvalue weighted by atomic mass is 9.94. The summed E-state index contributed by atoms with van der Waals surface area (Å²) < 4.78 is 30.4. The van der Waals surface area contributed by atoms with E-state index >= 15 is 0 Å². The van der Waals surface area contributed by atoms with Gasteiger partial charge in [0.2, 0.25) is 15.9 Å². The van der Waals surface area contributed by atoms with Gasteiger partial charge in [0.25, 0.3) is 0 Å². The fourth-order valence-corrected chi connectivity index (χ4v) is 2.83. The van der Waals surface area contributed by atoms with Gasteiger partial charge in [0, 0.05) is 32.6 Å². The van der Waals surface area contributed by atoms with Gasteiger partial charge in [-0.25, -0.2) is 17.7 Å². The molecule has 0 aliphatic heterocycles. The number of nitrogens with zero attached hydrogens (tertiary/aromatic N) is 3. The van der Waals surface area contributed by atoms with Gasteiger partial charge in [-0.3, -0.25) is 4.99 Å². The summed E-state index contributed by atoms with van der Waals surface area (Å²) in [6.45, 7) is 9.36. The predicted molar refractivity (Wildman–Crippen MR) is 116 cm³/mol. The molecule has 1 rings (SSSR count). The molecule has 0 amide bonds. The van der Waals surface area contributed by atoms with Crippen LogP contribution in [-0.2, 0) is 22.0 Å². The maximum Gasteiger partial charge on any atom is 0.213 e. The van der Waals surface area contributed by atoms with Crippen molar-refractivity contribution in [3.8, 4) is 0 Å². The van der Waals surface area contributed by atoms with E-state index in [-0.39, 0.29) is 35.1 Å². The highest BCUT2D eigenvalue weighted by molar-refractivity contribution is 14.0. The highest BCUT2D eigenvalue weighted by atomic mass is 127. The van der Waals surface area contributed by atoms with Crippen LogP contribution in [0.2, 0.25) is 0 Å². The minimum absolute atomic E-state index is 0. The molecule has 0 radical (unpaired) electrons. The normalized spacial score (nSPS) is 12.8. The van der Waals surface area contributed by atoms with Crippen molar-refractivity contribution in [2.45, 2.75) is 46.1 Å². The van der Waals surface area contributed by atoms with E-state index in [2.05, 4.69) is 41.4 Å². The second-order valence-corrected chi connectivity index (χ2v) is 9.16. The monoisotopic (exact) mass is 501 g/mol. The second-order valence-electron chi connectivity index (χ2n) is 6.80. The van der Waals surface area contributed by atoms with Crippen molar-refractivity contribution in [1.29, 1.82) is 0 Å². The van der Waals surface area contributed by atoms with Gasteiger partial charge in [-0.15, -0.1) is 24.0 Å².